The molecule has 10 nitrogen and oxygen atoms in total. The molecule has 1 N–H and O–H groups in total. The standard InChI is InChI=1S/C36H36N4O6S2/c1-5-38(6-2)24-16-12-22(13-17-24)28-29-30(33(43)40(32(29)42)25-18-14-23(15-19-25)35(44)46-7-3)47-34-31(28)48-36(45)39(34)20-27(41)37-26-11-9-8-10-21(26)4/h8-19,28-30H,5-7,20H2,1-4H3,(H,37,41). The van der Waals surface area contributed by atoms with Crippen LogP contribution in [0.4, 0.5) is 17.1 Å². The molecule has 0 aliphatic carbocycles. The van der Waals surface area contributed by atoms with Crippen molar-refractivity contribution >= 4 is 63.9 Å². The minimum absolute atomic E-state index is 0.226. The Morgan fingerprint density at radius 1 is 0.896 bits per heavy atom. The number of esters is 1. The fourth-order valence-corrected chi connectivity index (χ4v) is 9.13. The van der Waals surface area contributed by atoms with Crippen molar-refractivity contribution in [2.75, 3.05) is 34.8 Å². The lowest BCUT2D eigenvalue weighted by molar-refractivity contribution is -0.122. The number of imide groups is 1. The lowest BCUT2D eigenvalue weighted by Gasteiger charge is -2.31. The fraction of sp³-hybridized carbons (Fsp3) is 0.306. The van der Waals surface area contributed by atoms with Gasteiger partial charge >= 0.3 is 10.8 Å². The van der Waals surface area contributed by atoms with Crippen LogP contribution in [0.25, 0.3) is 0 Å². The number of hydrogen-bond donors (Lipinski definition) is 1. The molecule has 248 valence electrons. The fourth-order valence-electron chi connectivity index (χ4n) is 6.36. The number of rotatable bonds is 10. The van der Waals surface area contributed by atoms with Gasteiger partial charge in [-0.3, -0.25) is 23.7 Å². The molecular formula is C36H36N4O6S2. The van der Waals surface area contributed by atoms with E-state index in [0.29, 0.717) is 26.8 Å². The van der Waals surface area contributed by atoms with Crippen LogP contribution < -0.4 is 20.0 Å². The van der Waals surface area contributed by atoms with Gasteiger partial charge in [-0.2, -0.15) is 0 Å². The number of nitrogens with zero attached hydrogens (tertiary/aromatic N) is 3. The number of fused-ring (bicyclic) bond motifs is 2. The molecule has 6 rings (SSSR count). The van der Waals surface area contributed by atoms with Crippen LogP contribution >= 0.6 is 23.1 Å². The van der Waals surface area contributed by atoms with Crippen LogP contribution in [0.2, 0.25) is 0 Å². The molecule has 1 saturated heterocycles. The molecule has 0 bridgehead atoms. The van der Waals surface area contributed by atoms with Gasteiger partial charge < -0.3 is 15.0 Å². The zero-order chi connectivity index (χ0) is 34.1. The molecule has 1 fully saturated rings. The smallest absolute Gasteiger partial charge is 0.338 e. The van der Waals surface area contributed by atoms with Crippen LogP contribution in [0, 0.1) is 12.8 Å². The molecule has 2 aliphatic rings. The van der Waals surface area contributed by atoms with Crippen molar-refractivity contribution in [3.63, 3.8) is 0 Å². The Morgan fingerprint density at radius 3 is 2.23 bits per heavy atom. The van der Waals surface area contributed by atoms with Gasteiger partial charge in [-0.15, -0.1) is 0 Å². The zero-order valence-electron chi connectivity index (χ0n) is 27.1. The third kappa shape index (κ3) is 6.06. The second-order valence-electron chi connectivity index (χ2n) is 11.6. The molecule has 3 amide bonds. The van der Waals surface area contributed by atoms with Crippen molar-refractivity contribution in [1.82, 2.24) is 4.57 Å². The third-order valence-corrected chi connectivity index (χ3v) is 11.4. The van der Waals surface area contributed by atoms with Crippen LogP contribution in [0.5, 0.6) is 0 Å². The van der Waals surface area contributed by atoms with Crippen LogP contribution in [0.3, 0.4) is 0 Å². The lowest BCUT2D eigenvalue weighted by atomic mass is 9.83. The lowest BCUT2D eigenvalue weighted by Crippen LogP contribution is -2.33. The summed E-state index contributed by atoms with van der Waals surface area (Å²) in [6.07, 6.45) is 0. The molecule has 3 unspecified atom stereocenters. The van der Waals surface area contributed by atoms with Crippen LogP contribution in [-0.4, -0.2) is 53.2 Å². The molecular weight excluding hydrogens is 649 g/mol. The summed E-state index contributed by atoms with van der Waals surface area (Å²) in [7, 11) is 0. The SMILES string of the molecule is CCOC(=O)c1ccc(N2C(=O)C3Sc4c(sc(=O)n4CC(=O)Nc4ccccc4C)C(c4ccc(N(CC)CC)cc4)C3C2=O)cc1. The topological polar surface area (TPSA) is 118 Å². The first-order chi connectivity index (χ1) is 23.2. The molecule has 4 aromatic rings. The summed E-state index contributed by atoms with van der Waals surface area (Å²) in [5, 5.41) is 2.58. The predicted molar refractivity (Wildman–Crippen MR) is 188 cm³/mol. The molecule has 3 aromatic carbocycles. The summed E-state index contributed by atoms with van der Waals surface area (Å²) < 4.78 is 6.50. The van der Waals surface area contributed by atoms with E-state index >= 15 is 0 Å². The predicted octanol–water partition coefficient (Wildman–Crippen LogP) is 5.68. The molecule has 3 heterocycles. The molecule has 0 radical (unpaired) electrons. The highest BCUT2D eigenvalue weighted by atomic mass is 32.2. The number of aryl methyl sites for hydroxylation is 1. The van der Waals surface area contributed by atoms with Crippen LogP contribution in [-0.2, 0) is 25.7 Å². The molecule has 1 aromatic heterocycles. The number of thiazole rings is 1. The summed E-state index contributed by atoms with van der Waals surface area (Å²) in [6.45, 7) is 9.42. The van der Waals surface area contributed by atoms with E-state index in [1.54, 1.807) is 25.1 Å². The van der Waals surface area contributed by atoms with Crippen LogP contribution in [0.1, 0.15) is 53.1 Å². The number of anilines is 3. The summed E-state index contributed by atoms with van der Waals surface area (Å²) in [5.41, 5.74) is 4.04. The average molecular weight is 685 g/mol. The van der Waals surface area contributed by atoms with Gasteiger partial charge in [-0.1, -0.05) is 53.4 Å². The first-order valence-electron chi connectivity index (χ1n) is 15.9. The van der Waals surface area contributed by atoms with Gasteiger partial charge in [0, 0.05) is 35.3 Å². The van der Waals surface area contributed by atoms with Gasteiger partial charge in [0.15, 0.2) is 0 Å². The minimum Gasteiger partial charge on any atom is -0.462 e. The maximum Gasteiger partial charge on any atom is 0.338 e. The van der Waals surface area contributed by atoms with E-state index < -0.39 is 29.0 Å². The van der Waals surface area contributed by atoms with E-state index in [9.17, 15) is 24.0 Å². The van der Waals surface area contributed by atoms with Crippen molar-refractivity contribution in [1.29, 1.82) is 0 Å². The summed E-state index contributed by atoms with van der Waals surface area (Å²) in [5.74, 6) is -3.03. The van der Waals surface area contributed by atoms with Crippen LogP contribution in [0.15, 0.2) is 82.6 Å². The quantitative estimate of drug-likeness (QED) is 0.168. The van der Waals surface area contributed by atoms with E-state index in [2.05, 4.69) is 24.1 Å². The van der Waals surface area contributed by atoms with Crippen molar-refractivity contribution in [3.05, 3.63) is 104 Å². The Kier molecular flexibility index (Phi) is 9.56. The second kappa shape index (κ2) is 13.8. The van der Waals surface area contributed by atoms with Gasteiger partial charge in [-0.25, -0.2) is 9.69 Å². The number of aromatic nitrogens is 1. The number of thioether (sulfide) groups is 1. The zero-order valence-corrected chi connectivity index (χ0v) is 28.7. The Morgan fingerprint density at radius 2 is 1.58 bits per heavy atom. The summed E-state index contributed by atoms with van der Waals surface area (Å²) in [6, 6.07) is 21.5. The number of carbonyl (C=O) groups is 4. The molecule has 3 atom stereocenters. The van der Waals surface area contributed by atoms with E-state index in [1.807, 2.05) is 49.4 Å². The number of carbonyl (C=O) groups excluding carboxylic acids is 4. The van der Waals surface area contributed by atoms with Gasteiger partial charge in [0.25, 0.3) is 0 Å². The Hall–Kier alpha value is -4.68. The van der Waals surface area contributed by atoms with E-state index in [-0.39, 0.29) is 29.8 Å². The second-order valence-corrected chi connectivity index (χ2v) is 13.7. The Balaban J connectivity index is 1.39. The molecule has 0 spiro atoms. The number of benzene rings is 3. The third-order valence-electron chi connectivity index (χ3n) is 8.79. The van der Waals surface area contributed by atoms with Crippen molar-refractivity contribution < 1.29 is 23.9 Å². The van der Waals surface area contributed by atoms with Crippen molar-refractivity contribution in [2.24, 2.45) is 5.92 Å². The summed E-state index contributed by atoms with van der Waals surface area (Å²) in [4.78, 5) is 71.1. The summed E-state index contributed by atoms with van der Waals surface area (Å²) >= 11 is 2.18. The maximum absolute atomic E-state index is 14.3. The first kappa shape index (κ1) is 33.2. The highest BCUT2D eigenvalue weighted by Crippen LogP contribution is 2.54. The highest BCUT2D eigenvalue weighted by molar-refractivity contribution is 8.00. The van der Waals surface area contributed by atoms with Gasteiger partial charge in [0.05, 0.1) is 28.8 Å². The largest absolute Gasteiger partial charge is 0.462 e. The first-order valence-corrected chi connectivity index (χ1v) is 17.6. The molecule has 12 heteroatoms. The number of nitrogens with one attached hydrogen (secondary N) is 1. The molecule has 0 saturated carbocycles. The van der Waals surface area contributed by atoms with Gasteiger partial charge in [0.2, 0.25) is 17.7 Å². The molecule has 48 heavy (non-hydrogen) atoms. The van der Waals surface area contributed by atoms with Crippen molar-refractivity contribution in [3.8, 4) is 0 Å². The number of hydrogen-bond acceptors (Lipinski definition) is 9. The van der Waals surface area contributed by atoms with E-state index in [1.165, 1.54) is 21.6 Å². The molecule has 2 aliphatic heterocycles. The minimum atomic E-state index is -0.832. The average Bonchev–Trinajstić information content (AvgIpc) is 3.53. The number of para-hydroxylation sites is 1. The van der Waals surface area contributed by atoms with Gasteiger partial charge in [-0.05, 0) is 81.3 Å². The van der Waals surface area contributed by atoms with E-state index in [0.717, 1.165) is 53.0 Å². The normalized spacial score (nSPS) is 18.3. The Bertz CT molecular complexity index is 1930. The maximum atomic E-state index is 14.3. The monoisotopic (exact) mass is 684 g/mol. The van der Waals surface area contributed by atoms with Crippen molar-refractivity contribution in [2.45, 2.75) is 50.4 Å². The Labute approximate surface area is 286 Å². The number of ether oxygens (including phenoxy) is 1. The number of amides is 3. The van der Waals surface area contributed by atoms with E-state index in [4.69, 9.17) is 4.74 Å². The van der Waals surface area contributed by atoms with Gasteiger partial charge in [0.1, 0.15) is 11.8 Å². The highest BCUT2D eigenvalue weighted by Gasteiger charge is 2.56.